The summed E-state index contributed by atoms with van der Waals surface area (Å²) in [7, 11) is 1.22. The highest BCUT2D eigenvalue weighted by Gasteiger charge is 2.29. The Balaban J connectivity index is 2.18. The Bertz CT molecular complexity index is 690. The molecule has 1 aromatic heterocycles. The van der Waals surface area contributed by atoms with Gasteiger partial charge in [0.05, 0.1) is 6.54 Å². The summed E-state index contributed by atoms with van der Waals surface area (Å²) in [6.45, 7) is -1.59. The minimum absolute atomic E-state index is 0.0464. The summed E-state index contributed by atoms with van der Waals surface area (Å²) in [5.74, 6) is -3.11. The van der Waals surface area contributed by atoms with Gasteiger partial charge in [-0.15, -0.1) is 0 Å². The van der Waals surface area contributed by atoms with E-state index in [9.17, 15) is 26.7 Å². The molecule has 2 aromatic rings. The summed E-state index contributed by atoms with van der Waals surface area (Å²) in [4.78, 5) is 16.7. The monoisotopic (exact) mass is 333 g/mol. The fourth-order valence-corrected chi connectivity index (χ4v) is 2.01. The molecule has 0 spiro atoms. The minimum Gasteiger partial charge on any atom is -0.334 e. The number of nitrogens with zero attached hydrogens (tertiary/aromatic N) is 3. The summed E-state index contributed by atoms with van der Waals surface area (Å²) in [6.07, 6.45) is -2.18. The summed E-state index contributed by atoms with van der Waals surface area (Å²) in [5.41, 5.74) is -0.760. The molecule has 0 aliphatic heterocycles. The van der Waals surface area contributed by atoms with Crippen LogP contribution < -0.4 is 0 Å². The van der Waals surface area contributed by atoms with E-state index in [0.717, 1.165) is 40.1 Å². The SMILES string of the molecule is CN(Cc1nccn1CC(F)(F)F)C(=O)c1c(F)cccc1F. The predicted octanol–water partition coefficient (Wildman–Crippen LogP) is 3.00. The number of halogens is 5. The smallest absolute Gasteiger partial charge is 0.334 e. The van der Waals surface area contributed by atoms with Crippen LogP contribution in [0.2, 0.25) is 0 Å². The lowest BCUT2D eigenvalue weighted by atomic mass is 10.1. The lowest BCUT2D eigenvalue weighted by Gasteiger charge is -2.19. The number of carbonyl (C=O) groups excluding carboxylic acids is 1. The first kappa shape index (κ1) is 16.9. The number of imidazole rings is 1. The van der Waals surface area contributed by atoms with E-state index in [1.165, 1.54) is 7.05 Å². The molecule has 1 amide bonds. The van der Waals surface area contributed by atoms with E-state index in [2.05, 4.69) is 4.98 Å². The molecule has 0 aliphatic carbocycles. The van der Waals surface area contributed by atoms with Crippen LogP contribution in [0.5, 0.6) is 0 Å². The summed E-state index contributed by atoms with van der Waals surface area (Å²) >= 11 is 0. The van der Waals surface area contributed by atoms with Gasteiger partial charge in [0.2, 0.25) is 0 Å². The molecule has 1 aromatic carbocycles. The molecule has 0 saturated carbocycles. The second kappa shape index (κ2) is 6.35. The first-order chi connectivity index (χ1) is 10.7. The van der Waals surface area contributed by atoms with E-state index in [1.54, 1.807) is 0 Å². The number of aromatic nitrogens is 2. The highest BCUT2D eigenvalue weighted by molar-refractivity contribution is 5.94. The van der Waals surface area contributed by atoms with Crippen molar-refractivity contribution in [2.75, 3.05) is 7.05 Å². The number of rotatable bonds is 4. The Labute approximate surface area is 128 Å². The quantitative estimate of drug-likeness (QED) is 0.807. The summed E-state index contributed by atoms with van der Waals surface area (Å²) in [6, 6.07) is 2.96. The maximum absolute atomic E-state index is 13.6. The van der Waals surface area contributed by atoms with E-state index < -0.39 is 35.8 Å². The third kappa shape index (κ3) is 4.05. The van der Waals surface area contributed by atoms with Crippen molar-refractivity contribution >= 4 is 5.91 Å². The van der Waals surface area contributed by atoms with Crippen molar-refractivity contribution in [3.8, 4) is 0 Å². The molecular formula is C14H12F5N3O. The van der Waals surface area contributed by atoms with Crippen molar-refractivity contribution in [1.82, 2.24) is 14.5 Å². The van der Waals surface area contributed by atoms with Crippen molar-refractivity contribution in [3.63, 3.8) is 0 Å². The van der Waals surface area contributed by atoms with Crippen molar-refractivity contribution in [1.29, 1.82) is 0 Å². The van der Waals surface area contributed by atoms with Gasteiger partial charge in [-0.3, -0.25) is 4.79 Å². The van der Waals surface area contributed by atoms with E-state index in [4.69, 9.17) is 0 Å². The molecule has 0 N–H and O–H groups in total. The molecule has 0 saturated heterocycles. The Morgan fingerprint density at radius 1 is 1.26 bits per heavy atom. The zero-order valence-corrected chi connectivity index (χ0v) is 11.9. The highest BCUT2D eigenvalue weighted by atomic mass is 19.4. The molecule has 23 heavy (non-hydrogen) atoms. The molecule has 0 unspecified atom stereocenters. The van der Waals surface area contributed by atoms with Crippen LogP contribution in [0.3, 0.4) is 0 Å². The molecule has 0 radical (unpaired) electrons. The van der Waals surface area contributed by atoms with E-state index >= 15 is 0 Å². The first-order valence-corrected chi connectivity index (χ1v) is 6.45. The maximum Gasteiger partial charge on any atom is 0.406 e. The molecule has 1 heterocycles. The van der Waals surface area contributed by atoms with Crippen molar-refractivity contribution in [2.45, 2.75) is 19.3 Å². The van der Waals surface area contributed by atoms with Gasteiger partial charge >= 0.3 is 6.18 Å². The first-order valence-electron chi connectivity index (χ1n) is 6.45. The summed E-state index contributed by atoms with van der Waals surface area (Å²) in [5, 5.41) is 0. The van der Waals surface area contributed by atoms with Crippen LogP contribution in [0.1, 0.15) is 16.2 Å². The predicted molar refractivity (Wildman–Crippen MR) is 70.4 cm³/mol. The zero-order chi connectivity index (χ0) is 17.2. The number of amides is 1. The second-order valence-corrected chi connectivity index (χ2v) is 4.84. The Kier molecular flexibility index (Phi) is 4.67. The Morgan fingerprint density at radius 2 is 1.87 bits per heavy atom. The standard InChI is InChI=1S/C14H12F5N3O/c1-21(13(23)12-9(15)3-2-4-10(12)16)7-11-20-5-6-22(11)8-14(17,18)19/h2-6H,7-8H2,1H3. The molecule has 0 fully saturated rings. The Hall–Kier alpha value is -2.45. The molecular weight excluding hydrogens is 321 g/mol. The normalized spacial score (nSPS) is 11.6. The van der Waals surface area contributed by atoms with E-state index in [-0.39, 0.29) is 12.4 Å². The Morgan fingerprint density at radius 3 is 2.43 bits per heavy atom. The molecule has 0 bridgehead atoms. The number of alkyl halides is 3. The van der Waals surface area contributed by atoms with Gasteiger partial charge in [-0.25, -0.2) is 13.8 Å². The fraction of sp³-hybridized carbons (Fsp3) is 0.286. The lowest BCUT2D eigenvalue weighted by Crippen LogP contribution is -2.30. The van der Waals surface area contributed by atoms with E-state index in [1.807, 2.05) is 0 Å². The molecule has 2 rings (SSSR count). The van der Waals surface area contributed by atoms with Crippen LogP contribution in [0.15, 0.2) is 30.6 Å². The number of carbonyl (C=O) groups is 1. The van der Waals surface area contributed by atoms with Crippen molar-refractivity contribution < 1.29 is 26.7 Å². The highest BCUT2D eigenvalue weighted by Crippen LogP contribution is 2.19. The van der Waals surface area contributed by atoms with Crippen LogP contribution in [-0.4, -0.2) is 33.6 Å². The van der Waals surface area contributed by atoms with Gasteiger partial charge in [-0.05, 0) is 12.1 Å². The van der Waals surface area contributed by atoms with Gasteiger partial charge in [-0.1, -0.05) is 6.07 Å². The van der Waals surface area contributed by atoms with Gasteiger partial charge in [0.15, 0.2) is 0 Å². The topological polar surface area (TPSA) is 38.1 Å². The molecule has 4 nitrogen and oxygen atoms in total. The van der Waals surface area contributed by atoms with E-state index in [0.29, 0.717) is 0 Å². The van der Waals surface area contributed by atoms with Gasteiger partial charge < -0.3 is 9.47 Å². The second-order valence-electron chi connectivity index (χ2n) is 4.84. The average Bonchev–Trinajstić information content (AvgIpc) is 2.83. The number of benzene rings is 1. The molecule has 0 aliphatic rings. The van der Waals surface area contributed by atoms with Gasteiger partial charge in [0.25, 0.3) is 5.91 Å². The molecule has 9 heteroatoms. The van der Waals surface area contributed by atoms with Crippen LogP contribution in [0.4, 0.5) is 22.0 Å². The van der Waals surface area contributed by atoms with Gasteiger partial charge in [0.1, 0.15) is 29.6 Å². The lowest BCUT2D eigenvalue weighted by molar-refractivity contribution is -0.141. The largest absolute Gasteiger partial charge is 0.406 e. The third-order valence-electron chi connectivity index (χ3n) is 3.05. The molecule has 0 atom stereocenters. The van der Waals surface area contributed by atoms with Crippen molar-refractivity contribution in [3.05, 3.63) is 53.6 Å². The zero-order valence-electron chi connectivity index (χ0n) is 11.9. The average molecular weight is 333 g/mol. The fourth-order valence-electron chi connectivity index (χ4n) is 2.01. The van der Waals surface area contributed by atoms with Gasteiger partial charge in [-0.2, -0.15) is 13.2 Å². The van der Waals surface area contributed by atoms with Crippen LogP contribution in [-0.2, 0) is 13.1 Å². The van der Waals surface area contributed by atoms with Crippen molar-refractivity contribution in [2.24, 2.45) is 0 Å². The van der Waals surface area contributed by atoms with Crippen LogP contribution in [0, 0.1) is 11.6 Å². The minimum atomic E-state index is -4.45. The van der Waals surface area contributed by atoms with Gasteiger partial charge in [0, 0.05) is 19.4 Å². The number of hydrogen-bond acceptors (Lipinski definition) is 2. The van der Waals surface area contributed by atoms with Crippen LogP contribution in [0.25, 0.3) is 0 Å². The molecule has 124 valence electrons. The third-order valence-corrected chi connectivity index (χ3v) is 3.05. The number of hydrogen-bond donors (Lipinski definition) is 0. The maximum atomic E-state index is 13.6. The van der Waals surface area contributed by atoms with Crippen LogP contribution >= 0.6 is 0 Å². The summed E-state index contributed by atoms with van der Waals surface area (Å²) < 4.78 is 65.3.